The highest BCUT2D eigenvalue weighted by atomic mass is 19.4. The number of anilines is 1. The van der Waals surface area contributed by atoms with E-state index in [0.29, 0.717) is 38.5 Å². The molecule has 1 amide bonds. The summed E-state index contributed by atoms with van der Waals surface area (Å²) in [4.78, 5) is 25.0. The number of carbonyl (C=O) groups excluding carboxylic acids is 1. The van der Waals surface area contributed by atoms with Crippen molar-refractivity contribution in [1.82, 2.24) is 25.1 Å². The summed E-state index contributed by atoms with van der Waals surface area (Å²) in [5.74, 6) is 0.0580. The smallest absolute Gasteiger partial charge is 0.368 e. The molecule has 2 aliphatic heterocycles. The Morgan fingerprint density at radius 2 is 2.03 bits per heavy atom. The Morgan fingerprint density at radius 1 is 1.31 bits per heavy atom. The summed E-state index contributed by atoms with van der Waals surface area (Å²) in [6, 6.07) is 0.746. The number of halogens is 3. The van der Waals surface area contributed by atoms with E-state index < -0.39 is 23.4 Å². The van der Waals surface area contributed by atoms with E-state index in [2.05, 4.69) is 10.1 Å². The van der Waals surface area contributed by atoms with Gasteiger partial charge in [0.15, 0.2) is 5.69 Å². The Kier molecular flexibility index (Phi) is 4.72. The van der Waals surface area contributed by atoms with Gasteiger partial charge in [-0.2, -0.15) is 18.3 Å². The third-order valence-electron chi connectivity index (χ3n) is 5.39. The fourth-order valence-electron chi connectivity index (χ4n) is 3.81. The zero-order valence-electron chi connectivity index (χ0n) is 16.1. The summed E-state index contributed by atoms with van der Waals surface area (Å²) < 4.78 is 44.4. The molecule has 1 spiro atoms. The maximum Gasteiger partial charge on any atom is 0.432 e. The molecule has 29 heavy (non-hydrogen) atoms. The molecule has 0 aliphatic carbocycles. The van der Waals surface area contributed by atoms with Crippen LogP contribution >= 0.6 is 0 Å². The third kappa shape index (κ3) is 3.54. The number of fused-ring (bicyclic) bond motifs is 2. The Labute approximate surface area is 165 Å². The standard InChI is InChI=1S/C18H21F3N6O2/c1-26(2)16-22-10-11-3-8-29-17(14(11)23-16)4-6-27(7-5-17)15(28)12-9-13(25-24-12)18(19,20)21/h9-10H,3-8H2,1-2H3,(H,24,25). The average molecular weight is 410 g/mol. The number of H-pyrrole nitrogens is 1. The van der Waals surface area contributed by atoms with Gasteiger partial charge < -0.3 is 14.5 Å². The van der Waals surface area contributed by atoms with Crippen molar-refractivity contribution in [1.29, 1.82) is 0 Å². The molecule has 156 valence electrons. The van der Waals surface area contributed by atoms with E-state index >= 15 is 0 Å². The number of hydrogen-bond donors (Lipinski definition) is 1. The Morgan fingerprint density at radius 3 is 2.66 bits per heavy atom. The molecule has 0 saturated carbocycles. The molecule has 0 aromatic carbocycles. The summed E-state index contributed by atoms with van der Waals surface area (Å²) in [6.07, 6.45) is -1.01. The molecule has 4 heterocycles. The lowest BCUT2D eigenvalue weighted by Gasteiger charge is -2.44. The van der Waals surface area contributed by atoms with Crippen LogP contribution in [0.2, 0.25) is 0 Å². The van der Waals surface area contributed by atoms with E-state index in [9.17, 15) is 18.0 Å². The first-order chi connectivity index (χ1) is 13.7. The molecule has 1 N–H and O–H groups in total. The van der Waals surface area contributed by atoms with Gasteiger partial charge in [0.2, 0.25) is 5.95 Å². The van der Waals surface area contributed by atoms with Crippen LogP contribution in [-0.2, 0) is 22.9 Å². The van der Waals surface area contributed by atoms with Crippen LogP contribution in [-0.4, -0.2) is 64.8 Å². The zero-order chi connectivity index (χ0) is 20.8. The van der Waals surface area contributed by atoms with Crippen LogP contribution in [0.5, 0.6) is 0 Å². The molecule has 1 saturated heterocycles. The first kappa shape index (κ1) is 19.6. The Bertz CT molecular complexity index is 919. The van der Waals surface area contributed by atoms with Crippen LogP contribution in [0, 0.1) is 0 Å². The number of amides is 1. The van der Waals surface area contributed by atoms with Gasteiger partial charge in [0.05, 0.1) is 12.3 Å². The normalized spacial score (nSPS) is 18.6. The minimum Gasteiger partial charge on any atom is -0.368 e. The maximum absolute atomic E-state index is 12.7. The lowest BCUT2D eigenvalue weighted by molar-refractivity contribution is -0.141. The van der Waals surface area contributed by atoms with Gasteiger partial charge in [-0.3, -0.25) is 9.89 Å². The zero-order valence-corrected chi connectivity index (χ0v) is 16.1. The van der Waals surface area contributed by atoms with Crippen molar-refractivity contribution < 1.29 is 22.7 Å². The van der Waals surface area contributed by atoms with Crippen LogP contribution < -0.4 is 4.90 Å². The first-order valence-corrected chi connectivity index (χ1v) is 9.29. The van der Waals surface area contributed by atoms with E-state index in [0.717, 1.165) is 23.7 Å². The van der Waals surface area contributed by atoms with E-state index in [1.54, 1.807) is 0 Å². The molecule has 2 aromatic rings. The van der Waals surface area contributed by atoms with Gasteiger partial charge in [0, 0.05) is 39.4 Å². The van der Waals surface area contributed by atoms with Crippen molar-refractivity contribution in [3.63, 3.8) is 0 Å². The average Bonchev–Trinajstić information content (AvgIpc) is 3.19. The number of alkyl halides is 3. The fraction of sp³-hybridized carbons (Fsp3) is 0.556. The first-order valence-electron chi connectivity index (χ1n) is 9.29. The number of hydrogen-bond acceptors (Lipinski definition) is 6. The summed E-state index contributed by atoms with van der Waals surface area (Å²) in [6.45, 7) is 1.22. The summed E-state index contributed by atoms with van der Waals surface area (Å²) >= 11 is 0. The second-order valence-corrected chi connectivity index (χ2v) is 7.49. The molecule has 0 radical (unpaired) electrons. The highest BCUT2D eigenvalue weighted by Gasteiger charge is 2.44. The van der Waals surface area contributed by atoms with Crippen molar-refractivity contribution >= 4 is 11.9 Å². The fourth-order valence-corrected chi connectivity index (χ4v) is 3.81. The Balaban J connectivity index is 1.52. The second-order valence-electron chi connectivity index (χ2n) is 7.49. The molecule has 1 fully saturated rings. The predicted molar refractivity (Wildman–Crippen MR) is 96.4 cm³/mol. The van der Waals surface area contributed by atoms with E-state index in [4.69, 9.17) is 9.72 Å². The maximum atomic E-state index is 12.7. The van der Waals surface area contributed by atoms with Gasteiger partial charge in [-0.25, -0.2) is 9.97 Å². The number of aromatic nitrogens is 4. The van der Waals surface area contributed by atoms with E-state index in [-0.39, 0.29) is 5.69 Å². The monoisotopic (exact) mass is 410 g/mol. The van der Waals surface area contributed by atoms with Crippen LogP contribution in [0.25, 0.3) is 0 Å². The number of ether oxygens (including phenoxy) is 1. The number of nitrogens with one attached hydrogen (secondary N) is 1. The van der Waals surface area contributed by atoms with Crippen LogP contribution in [0.3, 0.4) is 0 Å². The largest absolute Gasteiger partial charge is 0.432 e. The quantitative estimate of drug-likeness (QED) is 0.815. The predicted octanol–water partition coefficient (Wildman–Crippen LogP) is 1.99. The number of nitrogens with zero attached hydrogens (tertiary/aromatic N) is 5. The van der Waals surface area contributed by atoms with E-state index in [1.165, 1.54) is 4.90 Å². The number of likely N-dealkylation sites (tertiary alicyclic amines) is 1. The van der Waals surface area contributed by atoms with Crippen molar-refractivity contribution in [2.24, 2.45) is 0 Å². The summed E-state index contributed by atoms with van der Waals surface area (Å²) in [5.41, 5.74) is -0.0134. The minimum absolute atomic E-state index is 0.240. The highest BCUT2D eigenvalue weighted by molar-refractivity contribution is 5.92. The molecular weight excluding hydrogens is 389 g/mol. The topological polar surface area (TPSA) is 87.2 Å². The summed E-state index contributed by atoms with van der Waals surface area (Å²) in [7, 11) is 3.72. The minimum atomic E-state index is -4.57. The Hall–Kier alpha value is -2.69. The second kappa shape index (κ2) is 6.97. The molecule has 8 nitrogen and oxygen atoms in total. The van der Waals surface area contributed by atoms with Gasteiger partial charge in [-0.1, -0.05) is 0 Å². The lowest BCUT2D eigenvalue weighted by atomic mass is 9.83. The van der Waals surface area contributed by atoms with Crippen molar-refractivity contribution in [3.05, 3.63) is 34.9 Å². The van der Waals surface area contributed by atoms with Crippen molar-refractivity contribution in [2.45, 2.75) is 31.0 Å². The van der Waals surface area contributed by atoms with E-state index in [1.807, 2.05) is 30.3 Å². The molecule has 0 atom stereocenters. The number of aromatic amines is 1. The number of rotatable bonds is 2. The SMILES string of the molecule is CN(C)c1ncc2c(n1)C1(CCN(C(=O)c3cc(C(F)(F)F)[nH]n3)CC1)OCC2. The van der Waals surface area contributed by atoms with Gasteiger partial charge >= 0.3 is 6.18 Å². The third-order valence-corrected chi connectivity index (χ3v) is 5.39. The molecule has 4 rings (SSSR count). The van der Waals surface area contributed by atoms with Crippen molar-refractivity contribution in [3.8, 4) is 0 Å². The molecule has 0 unspecified atom stereocenters. The van der Waals surface area contributed by atoms with Crippen LogP contribution in [0.1, 0.15) is 40.3 Å². The van der Waals surface area contributed by atoms with Gasteiger partial charge in [-0.15, -0.1) is 0 Å². The molecule has 0 bridgehead atoms. The highest BCUT2D eigenvalue weighted by Crippen LogP contribution is 2.41. The lowest BCUT2D eigenvalue weighted by Crippen LogP contribution is -2.49. The van der Waals surface area contributed by atoms with Crippen molar-refractivity contribution in [2.75, 3.05) is 38.7 Å². The van der Waals surface area contributed by atoms with Gasteiger partial charge in [0.1, 0.15) is 11.3 Å². The number of piperidine rings is 1. The van der Waals surface area contributed by atoms with Gasteiger partial charge in [-0.05, 0) is 24.8 Å². The number of carbonyl (C=O) groups is 1. The van der Waals surface area contributed by atoms with Crippen LogP contribution in [0.4, 0.5) is 19.1 Å². The molecule has 2 aliphatic rings. The van der Waals surface area contributed by atoms with Crippen LogP contribution in [0.15, 0.2) is 12.3 Å². The molecular formula is C18H21F3N6O2. The molecule has 11 heteroatoms. The molecule has 2 aromatic heterocycles. The van der Waals surface area contributed by atoms with Gasteiger partial charge in [0.25, 0.3) is 5.91 Å². The summed E-state index contributed by atoms with van der Waals surface area (Å²) in [5, 5.41) is 5.42.